The summed E-state index contributed by atoms with van der Waals surface area (Å²) in [6.07, 6.45) is 7.44. The molecule has 2 aliphatic rings. The lowest BCUT2D eigenvalue weighted by molar-refractivity contribution is -0.122. The summed E-state index contributed by atoms with van der Waals surface area (Å²) >= 11 is 0. The molecule has 1 amide bonds. The highest BCUT2D eigenvalue weighted by atomic mass is 16.2. The maximum absolute atomic E-state index is 11.4. The van der Waals surface area contributed by atoms with Crippen molar-refractivity contribution >= 4 is 11.6 Å². The van der Waals surface area contributed by atoms with Crippen molar-refractivity contribution in [2.75, 3.05) is 0 Å². The van der Waals surface area contributed by atoms with Crippen molar-refractivity contribution in [2.45, 2.75) is 13.1 Å². The Balaban J connectivity index is 2.37. The highest BCUT2D eigenvalue weighted by molar-refractivity contribution is 6.13. The first-order chi connectivity index (χ1) is 5.77. The molecule has 2 rings (SSSR count). The number of nitrogens with one attached hydrogen (secondary N) is 1. The molecule has 0 radical (unpaired) electrons. The molecule has 0 spiro atoms. The molecule has 0 aromatic heterocycles. The van der Waals surface area contributed by atoms with Crippen molar-refractivity contribution in [1.82, 2.24) is 5.32 Å². The Morgan fingerprint density at radius 3 is 3.17 bits per heavy atom. The maximum Gasteiger partial charge on any atom is 0.234 e. The van der Waals surface area contributed by atoms with Crippen LogP contribution in [-0.2, 0) is 4.79 Å². The normalized spacial score (nSPS) is 32.4. The van der Waals surface area contributed by atoms with Crippen LogP contribution in [0.25, 0.3) is 0 Å². The third-order valence-corrected chi connectivity index (χ3v) is 1.98. The third-order valence-electron chi connectivity index (χ3n) is 1.98. The van der Waals surface area contributed by atoms with Crippen LogP contribution >= 0.6 is 0 Å². The Morgan fingerprint density at radius 2 is 2.33 bits per heavy atom. The molecular formula is C9H10N2O. The van der Waals surface area contributed by atoms with Gasteiger partial charge in [0.25, 0.3) is 0 Å². The van der Waals surface area contributed by atoms with Gasteiger partial charge in [0.05, 0.1) is 11.6 Å². The zero-order valence-electron chi connectivity index (χ0n) is 6.82. The number of hydrogen-bond acceptors (Lipinski definition) is 2. The fraction of sp³-hybridized carbons (Fsp3) is 0.333. The van der Waals surface area contributed by atoms with E-state index in [1.54, 1.807) is 0 Å². The van der Waals surface area contributed by atoms with Crippen molar-refractivity contribution in [3.63, 3.8) is 0 Å². The minimum atomic E-state index is -0.161. The first kappa shape index (κ1) is 7.28. The lowest BCUT2D eigenvalue weighted by Gasteiger charge is -2.24. The quantitative estimate of drug-likeness (QED) is 0.558. The van der Waals surface area contributed by atoms with Gasteiger partial charge < -0.3 is 5.32 Å². The summed E-state index contributed by atoms with van der Waals surface area (Å²) in [6, 6.07) is 0. The molecule has 0 bridgehead atoms. The highest BCUT2D eigenvalue weighted by Gasteiger charge is 2.26. The van der Waals surface area contributed by atoms with Crippen LogP contribution in [0.15, 0.2) is 29.3 Å². The van der Waals surface area contributed by atoms with Gasteiger partial charge in [-0.05, 0) is 13.0 Å². The van der Waals surface area contributed by atoms with Crippen LogP contribution < -0.4 is 5.32 Å². The number of fused-ring (bicyclic) bond motifs is 1. The molecule has 2 atom stereocenters. The van der Waals surface area contributed by atoms with E-state index in [2.05, 4.69) is 10.3 Å². The van der Waals surface area contributed by atoms with Gasteiger partial charge in [0.2, 0.25) is 5.91 Å². The molecule has 0 saturated carbocycles. The molecule has 0 saturated heterocycles. The molecule has 0 aromatic carbocycles. The summed E-state index contributed by atoms with van der Waals surface area (Å²) < 4.78 is 0. The SMILES string of the molecule is CC1N=C2C=CC=CC2C(=O)N1. The van der Waals surface area contributed by atoms with Crippen molar-refractivity contribution in [1.29, 1.82) is 0 Å². The van der Waals surface area contributed by atoms with E-state index in [0.29, 0.717) is 0 Å². The number of allylic oxidation sites excluding steroid dienone is 3. The summed E-state index contributed by atoms with van der Waals surface area (Å²) in [7, 11) is 0. The first-order valence-corrected chi connectivity index (χ1v) is 4.00. The Bertz CT molecular complexity index is 302. The number of amides is 1. The van der Waals surface area contributed by atoms with E-state index < -0.39 is 0 Å². The number of hydrogen-bond donors (Lipinski definition) is 1. The van der Waals surface area contributed by atoms with Crippen LogP contribution in [0.2, 0.25) is 0 Å². The molecule has 1 N–H and O–H groups in total. The lowest BCUT2D eigenvalue weighted by atomic mass is 9.96. The Morgan fingerprint density at radius 1 is 1.50 bits per heavy atom. The molecule has 0 aromatic rings. The molecule has 2 unspecified atom stereocenters. The second-order valence-corrected chi connectivity index (χ2v) is 2.96. The minimum absolute atomic E-state index is 0.0492. The molecular weight excluding hydrogens is 152 g/mol. The summed E-state index contributed by atoms with van der Waals surface area (Å²) in [5, 5.41) is 2.77. The van der Waals surface area contributed by atoms with Crippen LogP contribution in [0, 0.1) is 5.92 Å². The van der Waals surface area contributed by atoms with Gasteiger partial charge in [0.15, 0.2) is 0 Å². The van der Waals surface area contributed by atoms with Gasteiger partial charge in [-0.25, -0.2) is 0 Å². The van der Waals surface area contributed by atoms with Crippen LogP contribution in [0.1, 0.15) is 6.92 Å². The molecule has 3 heteroatoms. The predicted molar refractivity (Wildman–Crippen MR) is 46.8 cm³/mol. The molecule has 12 heavy (non-hydrogen) atoms. The zero-order valence-corrected chi connectivity index (χ0v) is 6.82. The number of rotatable bonds is 0. The average Bonchev–Trinajstić information content (AvgIpc) is 2.04. The summed E-state index contributed by atoms with van der Waals surface area (Å²) in [5.41, 5.74) is 0.869. The van der Waals surface area contributed by atoms with Crippen molar-refractivity contribution in [2.24, 2.45) is 10.9 Å². The second-order valence-electron chi connectivity index (χ2n) is 2.96. The van der Waals surface area contributed by atoms with E-state index in [0.717, 1.165) is 5.71 Å². The maximum atomic E-state index is 11.4. The Hall–Kier alpha value is -1.38. The fourth-order valence-corrected chi connectivity index (χ4v) is 1.43. The lowest BCUT2D eigenvalue weighted by Crippen LogP contribution is -2.44. The molecule has 3 nitrogen and oxygen atoms in total. The van der Waals surface area contributed by atoms with E-state index in [1.807, 2.05) is 31.2 Å². The second kappa shape index (κ2) is 2.59. The van der Waals surface area contributed by atoms with Crippen LogP contribution in [0.4, 0.5) is 0 Å². The van der Waals surface area contributed by atoms with E-state index in [1.165, 1.54) is 0 Å². The number of carbonyl (C=O) groups is 1. The van der Waals surface area contributed by atoms with Crippen molar-refractivity contribution < 1.29 is 4.79 Å². The Labute approximate surface area is 70.9 Å². The van der Waals surface area contributed by atoms with E-state index in [-0.39, 0.29) is 18.0 Å². The summed E-state index contributed by atoms with van der Waals surface area (Å²) in [5.74, 6) is -0.112. The first-order valence-electron chi connectivity index (χ1n) is 4.00. The molecule has 1 heterocycles. The highest BCUT2D eigenvalue weighted by Crippen LogP contribution is 2.14. The van der Waals surface area contributed by atoms with Gasteiger partial charge in [0, 0.05) is 0 Å². The fourth-order valence-electron chi connectivity index (χ4n) is 1.43. The largest absolute Gasteiger partial charge is 0.334 e. The summed E-state index contributed by atoms with van der Waals surface area (Å²) in [6.45, 7) is 1.87. The molecule has 62 valence electrons. The average molecular weight is 162 g/mol. The topological polar surface area (TPSA) is 41.5 Å². The van der Waals surface area contributed by atoms with E-state index in [4.69, 9.17) is 0 Å². The molecule has 1 aliphatic carbocycles. The van der Waals surface area contributed by atoms with Gasteiger partial charge >= 0.3 is 0 Å². The van der Waals surface area contributed by atoms with Crippen LogP contribution in [0.3, 0.4) is 0 Å². The van der Waals surface area contributed by atoms with Gasteiger partial charge in [-0.3, -0.25) is 9.79 Å². The minimum Gasteiger partial charge on any atom is -0.334 e. The van der Waals surface area contributed by atoms with E-state index in [9.17, 15) is 4.79 Å². The Kier molecular flexibility index (Phi) is 1.57. The standard InChI is InChI=1S/C9H10N2O/c1-6-10-8-5-3-2-4-7(8)9(12)11-6/h2-7H,1H3,(H,11,12). The number of aliphatic imine (C=N–C) groups is 1. The number of carbonyl (C=O) groups excluding carboxylic acids is 1. The number of nitrogens with zero attached hydrogens (tertiary/aromatic N) is 1. The van der Waals surface area contributed by atoms with Gasteiger partial charge in [0.1, 0.15) is 6.17 Å². The third kappa shape index (κ3) is 1.07. The van der Waals surface area contributed by atoms with E-state index >= 15 is 0 Å². The monoisotopic (exact) mass is 162 g/mol. The van der Waals surface area contributed by atoms with Crippen LogP contribution in [0.5, 0.6) is 0 Å². The smallest absolute Gasteiger partial charge is 0.234 e. The molecule has 1 aliphatic heterocycles. The van der Waals surface area contributed by atoms with Gasteiger partial charge in [-0.15, -0.1) is 0 Å². The molecule has 0 fully saturated rings. The van der Waals surface area contributed by atoms with Crippen LogP contribution in [-0.4, -0.2) is 17.8 Å². The van der Waals surface area contributed by atoms with Crippen molar-refractivity contribution in [3.8, 4) is 0 Å². The van der Waals surface area contributed by atoms with Gasteiger partial charge in [-0.1, -0.05) is 18.2 Å². The van der Waals surface area contributed by atoms with Gasteiger partial charge in [-0.2, -0.15) is 0 Å². The zero-order chi connectivity index (χ0) is 8.55. The predicted octanol–water partition coefficient (Wildman–Crippen LogP) is 0.645. The van der Waals surface area contributed by atoms with Crippen molar-refractivity contribution in [3.05, 3.63) is 24.3 Å². The summed E-state index contributed by atoms with van der Waals surface area (Å²) in [4.78, 5) is 15.7.